The third kappa shape index (κ3) is 3.51. The van der Waals surface area contributed by atoms with Crippen LogP contribution in [0.15, 0.2) is 29.4 Å². The van der Waals surface area contributed by atoms with Crippen LogP contribution in [0.3, 0.4) is 0 Å². The molecule has 1 aromatic carbocycles. The number of methoxy groups -OCH3 is 1. The van der Waals surface area contributed by atoms with Gasteiger partial charge in [0.15, 0.2) is 5.16 Å². The van der Waals surface area contributed by atoms with Crippen molar-refractivity contribution >= 4 is 23.4 Å². The molecule has 1 N–H and O–H groups in total. The van der Waals surface area contributed by atoms with Gasteiger partial charge in [0.05, 0.1) is 18.0 Å². The van der Waals surface area contributed by atoms with Crippen LogP contribution in [0.25, 0.3) is 0 Å². The third-order valence-corrected chi connectivity index (χ3v) is 5.62. The first-order valence-electron chi connectivity index (χ1n) is 8.72. The van der Waals surface area contributed by atoms with E-state index in [1.165, 1.54) is 37.4 Å². The van der Waals surface area contributed by atoms with E-state index in [1.54, 1.807) is 7.11 Å². The van der Waals surface area contributed by atoms with Gasteiger partial charge in [-0.3, -0.25) is 4.79 Å². The van der Waals surface area contributed by atoms with Crippen LogP contribution < -0.4 is 10.1 Å². The molecule has 0 unspecified atom stereocenters. The molecule has 1 heterocycles. The van der Waals surface area contributed by atoms with E-state index in [9.17, 15) is 4.79 Å². The van der Waals surface area contributed by atoms with Gasteiger partial charge in [0, 0.05) is 12.0 Å². The number of para-hydroxylation sites is 2. The fourth-order valence-electron chi connectivity index (χ4n) is 2.86. The Morgan fingerprint density at radius 2 is 2.04 bits per heavy atom. The Hall–Kier alpha value is -2.02. The molecule has 0 saturated heterocycles. The van der Waals surface area contributed by atoms with Gasteiger partial charge in [0.25, 0.3) is 0 Å². The van der Waals surface area contributed by atoms with Crippen LogP contribution in [0.5, 0.6) is 5.75 Å². The molecule has 2 saturated carbocycles. The first-order valence-corrected chi connectivity index (χ1v) is 9.60. The van der Waals surface area contributed by atoms with Gasteiger partial charge >= 0.3 is 0 Å². The molecule has 2 aromatic rings. The van der Waals surface area contributed by atoms with E-state index in [0.29, 0.717) is 23.4 Å². The Morgan fingerprint density at radius 3 is 2.72 bits per heavy atom. The van der Waals surface area contributed by atoms with Crippen molar-refractivity contribution in [1.29, 1.82) is 0 Å². The standard InChI is InChI=1S/C18H22N4O2S/c1-11(17(23)19-14-5-3-4-6-15(14)24-2)25-18-21-20-16(12-7-8-12)22(18)13-9-10-13/h3-6,11-13H,7-10H2,1-2H3,(H,19,23)/t11-/m1/s1. The first-order chi connectivity index (χ1) is 12.2. The number of carbonyl (C=O) groups excluding carboxylic acids is 1. The lowest BCUT2D eigenvalue weighted by molar-refractivity contribution is -0.115. The number of ether oxygens (including phenoxy) is 1. The second-order valence-electron chi connectivity index (χ2n) is 6.67. The molecule has 4 rings (SSSR count). The van der Waals surface area contributed by atoms with Crippen molar-refractivity contribution in [2.75, 3.05) is 12.4 Å². The number of aromatic nitrogens is 3. The van der Waals surface area contributed by atoms with E-state index >= 15 is 0 Å². The molecule has 2 aliphatic rings. The summed E-state index contributed by atoms with van der Waals surface area (Å²) in [7, 11) is 1.60. The minimum atomic E-state index is -0.265. The molecule has 2 fully saturated rings. The number of hydrogen-bond donors (Lipinski definition) is 1. The fraction of sp³-hybridized carbons (Fsp3) is 0.500. The zero-order valence-electron chi connectivity index (χ0n) is 14.4. The van der Waals surface area contributed by atoms with Gasteiger partial charge in [0.1, 0.15) is 11.6 Å². The van der Waals surface area contributed by atoms with E-state index in [1.807, 2.05) is 31.2 Å². The van der Waals surface area contributed by atoms with Gasteiger partial charge < -0.3 is 14.6 Å². The van der Waals surface area contributed by atoms with Crippen molar-refractivity contribution in [3.63, 3.8) is 0 Å². The monoisotopic (exact) mass is 358 g/mol. The average molecular weight is 358 g/mol. The highest BCUT2D eigenvalue weighted by atomic mass is 32.2. The highest BCUT2D eigenvalue weighted by Crippen LogP contribution is 2.46. The van der Waals surface area contributed by atoms with Gasteiger partial charge in [-0.25, -0.2) is 0 Å². The summed E-state index contributed by atoms with van der Waals surface area (Å²) in [6, 6.07) is 7.95. The predicted molar refractivity (Wildman–Crippen MR) is 97.2 cm³/mol. The van der Waals surface area contributed by atoms with Crippen molar-refractivity contribution < 1.29 is 9.53 Å². The number of thioether (sulfide) groups is 1. The molecule has 0 spiro atoms. The Labute approximate surface area is 151 Å². The Balaban J connectivity index is 1.46. The highest BCUT2D eigenvalue weighted by Gasteiger charge is 2.37. The molecule has 1 atom stereocenters. The van der Waals surface area contributed by atoms with Crippen LogP contribution >= 0.6 is 11.8 Å². The van der Waals surface area contributed by atoms with Crippen LogP contribution in [-0.4, -0.2) is 33.0 Å². The third-order valence-electron chi connectivity index (χ3n) is 4.56. The summed E-state index contributed by atoms with van der Waals surface area (Å²) in [6.45, 7) is 1.90. The molecule has 25 heavy (non-hydrogen) atoms. The maximum absolute atomic E-state index is 12.6. The van der Waals surface area contributed by atoms with E-state index in [-0.39, 0.29) is 11.2 Å². The lowest BCUT2D eigenvalue weighted by Gasteiger charge is -2.14. The molecule has 0 radical (unpaired) electrons. The SMILES string of the molecule is COc1ccccc1NC(=O)[C@@H](C)Sc1nnc(C2CC2)n1C1CC1. The van der Waals surface area contributed by atoms with Crippen LogP contribution in [0.1, 0.15) is 50.4 Å². The summed E-state index contributed by atoms with van der Waals surface area (Å²) in [5.74, 6) is 2.28. The van der Waals surface area contributed by atoms with Gasteiger partial charge in [-0.1, -0.05) is 23.9 Å². The molecular formula is C18H22N4O2S. The summed E-state index contributed by atoms with van der Waals surface area (Å²) in [5, 5.41) is 12.3. The number of benzene rings is 1. The van der Waals surface area contributed by atoms with E-state index in [2.05, 4.69) is 20.1 Å². The number of anilines is 1. The van der Waals surface area contributed by atoms with Crippen LogP contribution in [0.4, 0.5) is 5.69 Å². The van der Waals surface area contributed by atoms with Gasteiger partial charge in [0.2, 0.25) is 5.91 Å². The zero-order chi connectivity index (χ0) is 17.4. The largest absolute Gasteiger partial charge is 0.495 e. The van der Waals surface area contributed by atoms with Crippen molar-refractivity contribution in [3.8, 4) is 5.75 Å². The number of carbonyl (C=O) groups is 1. The van der Waals surface area contributed by atoms with Gasteiger partial charge in [-0.15, -0.1) is 10.2 Å². The van der Waals surface area contributed by atoms with Crippen molar-refractivity contribution in [2.45, 2.75) is 55.0 Å². The fourth-order valence-corrected chi connectivity index (χ4v) is 3.78. The number of nitrogens with zero attached hydrogens (tertiary/aromatic N) is 3. The summed E-state index contributed by atoms with van der Waals surface area (Å²) in [6.07, 6.45) is 4.79. The number of rotatable bonds is 7. The zero-order valence-corrected chi connectivity index (χ0v) is 15.3. The Morgan fingerprint density at radius 1 is 1.28 bits per heavy atom. The van der Waals surface area contributed by atoms with Crippen molar-refractivity contribution in [3.05, 3.63) is 30.1 Å². The lowest BCUT2D eigenvalue weighted by Crippen LogP contribution is -2.23. The Bertz CT molecular complexity index is 783. The normalized spacial score (nSPS) is 18.0. The summed E-state index contributed by atoms with van der Waals surface area (Å²) < 4.78 is 7.56. The summed E-state index contributed by atoms with van der Waals surface area (Å²) in [4.78, 5) is 12.6. The minimum absolute atomic E-state index is 0.0622. The maximum Gasteiger partial charge on any atom is 0.237 e. The maximum atomic E-state index is 12.6. The van der Waals surface area contributed by atoms with E-state index in [0.717, 1.165) is 11.0 Å². The topological polar surface area (TPSA) is 69.0 Å². The number of amides is 1. The second kappa shape index (κ2) is 6.71. The molecule has 1 aromatic heterocycles. The van der Waals surface area contributed by atoms with Crippen molar-refractivity contribution in [2.24, 2.45) is 0 Å². The van der Waals surface area contributed by atoms with E-state index < -0.39 is 0 Å². The molecule has 1 amide bonds. The van der Waals surface area contributed by atoms with Crippen LogP contribution in [-0.2, 0) is 4.79 Å². The molecule has 7 heteroatoms. The smallest absolute Gasteiger partial charge is 0.237 e. The van der Waals surface area contributed by atoms with Crippen LogP contribution in [0.2, 0.25) is 0 Å². The number of nitrogens with one attached hydrogen (secondary N) is 1. The number of hydrogen-bond acceptors (Lipinski definition) is 5. The predicted octanol–water partition coefficient (Wildman–Crippen LogP) is 3.62. The average Bonchev–Trinajstić information content (AvgIpc) is 3.54. The van der Waals surface area contributed by atoms with E-state index in [4.69, 9.17) is 4.74 Å². The highest BCUT2D eigenvalue weighted by molar-refractivity contribution is 8.00. The quantitative estimate of drug-likeness (QED) is 0.766. The minimum Gasteiger partial charge on any atom is -0.495 e. The second-order valence-corrected chi connectivity index (χ2v) is 7.97. The summed E-state index contributed by atoms with van der Waals surface area (Å²) >= 11 is 1.48. The van der Waals surface area contributed by atoms with Crippen molar-refractivity contribution in [1.82, 2.24) is 14.8 Å². The van der Waals surface area contributed by atoms with Crippen LogP contribution in [0, 0.1) is 0 Å². The lowest BCUT2D eigenvalue weighted by atomic mass is 10.3. The van der Waals surface area contributed by atoms with Gasteiger partial charge in [-0.2, -0.15) is 0 Å². The Kier molecular flexibility index (Phi) is 4.41. The summed E-state index contributed by atoms with van der Waals surface area (Å²) in [5.41, 5.74) is 0.685. The molecule has 132 valence electrons. The molecular weight excluding hydrogens is 336 g/mol. The molecule has 0 bridgehead atoms. The first kappa shape index (κ1) is 16.4. The van der Waals surface area contributed by atoms with Gasteiger partial charge in [-0.05, 0) is 44.7 Å². The molecule has 2 aliphatic carbocycles. The molecule has 6 nitrogen and oxygen atoms in total. The molecule has 0 aliphatic heterocycles.